The predicted octanol–water partition coefficient (Wildman–Crippen LogP) is 3.82. The SMILES string of the molecule is N#Cc1cccc(-c2cnnc(-c3ccc(F)cc3)c2)c1. The number of nitriles is 1. The minimum absolute atomic E-state index is 0.287. The van der Waals surface area contributed by atoms with E-state index in [0.717, 1.165) is 16.7 Å². The lowest BCUT2D eigenvalue weighted by Crippen LogP contribution is -1.90. The molecule has 0 aliphatic rings. The van der Waals surface area contributed by atoms with Gasteiger partial charge in [0.05, 0.1) is 23.5 Å². The Kier molecular flexibility index (Phi) is 3.40. The highest BCUT2D eigenvalue weighted by atomic mass is 19.1. The molecular formula is C17H10FN3. The Labute approximate surface area is 121 Å². The summed E-state index contributed by atoms with van der Waals surface area (Å²) in [5, 5.41) is 17.0. The molecule has 0 atom stereocenters. The topological polar surface area (TPSA) is 49.6 Å². The Morgan fingerprint density at radius 2 is 1.71 bits per heavy atom. The van der Waals surface area contributed by atoms with Gasteiger partial charge in [0.15, 0.2) is 0 Å². The van der Waals surface area contributed by atoms with E-state index in [1.807, 2.05) is 18.2 Å². The summed E-state index contributed by atoms with van der Waals surface area (Å²) in [6.07, 6.45) is 1.64. The van der Waals surface area contributed by atoms with Gasteiger partial charge in [-0.25, -0.2) is 4.39 Å². The molecule has 0 amide bonds. The maximum Gasteiger partial charge on any atom is 0.123 e. The van der Waals surface area contributed by atoms with Crippen LogP contribution in [0.3, 0.4) is 0 Å². The molecule has 0 aliphatic carbocycles. The molecule has 0 aliphatic heterocycles. The lowest BCUT2D eigenvalue weighted by Gasteiger charge is -2.04. The number of nitrogens with zero attached hydrogens (tertiary/aromatic N) is 3. The first-order chi connectivity index (χ1) is 10.3. The maximum atomic E-state index is 13.0. The number of aromatic nitrogens is 2. The van der Waals surface area contributed by atoms with E-state index in [-0.39, 0.29) is 5.82 Å². The second kappa shape index (κ2) is 5.51. The van der Waals surface area contributed by atoms with Gasteiger partial charge in [-0.1, -0.05) is 12.1 Å². The van der Waals surface area contributed by atoms with Crippen LogP contribution in [0.5, 0.6) is 0 Å². The zero-order valence-electron chi connectivity index (χ0n) is 11.0. The minimum Gasteiger partial charge on any atom is -0.207 e. The summed E-state index contributed by atoms with van der Waals surface area (Å²) in [7, 11) is 0. The van der Waals surface area contributed by atoms with Crippen LogP contribution >= 0.6 is 0 Å². The van der Waals surface area contributed by atoms with Crippen LogP contribution in [0.4, 0.5) is 4.39 Å². The highest BCUT2D eigenvalue weighted by Crippen LogP contribution is 2.24. The summed E-state index contributed by atoms with van der Waals surface area (Å²) >= 11 is 0. The highest BCUT2D eigenvalue weighted by molar-refractivity contribution is 5.70. The molecule has 0 saturated carbocycles. The Bertz CT molecular complexity index is 820. The van der Waals surface area contributed by atoms with Crippen molar-refractivity contribution in [2.75, 3.05) is 0 Å². The fourth-order valence-electron chi connectivity index (χ4n) is 2.05. The van der Waals surface area contributed by atoms with Crippen molar-refractivity contribution in [3.8, 4) is 28.5 Å². The van der Waals surface area contributed by atoms with Crippen molar-refractivity contribution in [3.63, 3.8) is 0 Å². The second-order valence-electron chi connectivity index (χ2n) is 4.53. The molecule has 2 aromatic carbocycles. The van der Waals surface area contributed by atoms with Gasteiger partial charge in [0.1, 0.15) is 5.82 Å². The number of hydrogen-bond donors (Lipinski definition) is 0. The summed E-state index contributed by atoms with van der Waals surface area (Å²) < 4.78 is 13.0. The summed E-state index contributed by atoms with van der Waals surface area (Å²) in [4.78, 5) is 0. The molecule has 0 radical (unpaired) electrons. The van der Waals surface area contributed by atoms with E-state index in [1.54, 1.807) is 30.5 Å². The van der Waals surface area contributed by atoms with E-state index in [0.29, 0.717) is 11.3 Å². The van der Waals surface area contributed by atoms with Crippen LogP contribution in [0.15, 0.2) is 60.8 Å². The molecule has 3 aromatic rings. The van der Waals surface area contributed by atoms with Crippen molar-refractivity contribution in [3.05, 3.63) is 72.2 Å². The molecule has 0 saturated heterocycles. The van der Waals surface area contributed by atoms with Gasteiger partial charge in [-0.3, -0.25) is 0 Å². The van der Waals surface area contributed by atoms with Crippen molar-refractivity contribution in [1.29, 1.82) is 5.26 Å². The van der Waals surface area contributed by atoms with Gasteiger partial charge in [-0.15, -0.1) is 0 Å². The molecule has 0 unspecified atom stereocenters. The van der Waals surface area contributed by atoms with Gasteiger partial charge in [0, 0.05) is 11.1 Å². The van der Waals surface area contributed by atoms with E-state index >= 15 is 0 Å². The molecule has 0 N–H and O–H groups in total. The van der Waals surface area contributed by atoms with E-state index in [4.69, 9.17) is 5.26 Å². The summed E-state index contributed by atoms with van der Waals surface area (Å²) in [5.41, 5.74) is 3.80. The molecule has 0 fully saturated rings. The van der Waals surface area contributed by atoms with Crippen molar-refractivity contribution >= 4 is 0 Å². The van der Waals surface area contributed by atoms with Crippen LogP contribution in [0.1, 0.15) is 5.56 Å². The quantitative estimate of drug-likeness (QED) is 0.714. The van der Waals surface area contributed by atoms with Crippen LogP contribution in [0.25, 0.3) is 22.4 Å². The minimum atomic E-state index is -0.287. The summed E-state index contributed by atoms with van der Waals surface area (Å²) in [6.45, 7) is 0. The van der Waals surface area contributed by atoms with E-state index < -0.39 is 0 Å². The van der Waals surface area contributed by atoms with Crippen molar-refractivity contribution in [1.82, 2.24) is 10.2 Å². The fraction of sp³-hybridized carbons (Fsp3) is 0. The Morgan fingerprint density at radius 3 is 2.48 bits per heavy atom. The maximum absolute atomic E-state index is 13.0. The van der Waals surface area contributed by atoms with Gasteiger partial charge in [-0.05, 0) is 48.0 Å². The van der Waals surface area contributed by atoms with Crippen LogP contribution in [-0.4, -0.2) is 10.2 Å². The van der Waals surface area contributed by atoms with Crippen LogP contribution < -0.4 is 0 Å². The van der Waals surface area contributed by atoms with Crippen molar-refractivity contribution in [2.45, 2.75) is 0 Å². The van der Waals surface area contributed by atoms with E-state index in [9.17, 15) is 4.39 Å². The first-order valence-electron chi connectivity index (χ1n) is 6.35. The van der Waals surface area contributed by atoms with Gasteiger partial charge in [0.25, 0.3) is 0 Å². The molecule has 100 valence electrons. The Morgan fingerprint density at radius 1 is 0.905 bits per heavy atom. The second-order valence-corrected chi connectivity index (χ2v) is 4.53. The summed E-state index contributed by atoms with van der Waals surface area (Å²) in [5.74, 6) is -0.287. The average Bonchev–Trinajstić information content (AvgIpc) is 2.56. The smallest absolute Gasteiger partial charge is 0.123 e. The monoisotopic (exact) mass is 275 g/mol. The van der Waals surface area contributed by atoms with Crippen LogP contribution in [-0.2, 0) is 0 Å². The third kappa shape index (κ3) is 2.77. The average molecular weight is 275 g/mol. The normalized spacial score (nSPS) is 10.1. The highest BCUT2D eigenvalue weighted by Gasteiger charge is 2.05. The molecule has 1 heterocycles. The van der Waals surface area contributed by atoms with Crippen molar-refractivity contribution in [2.24, 2.45) is 0 Å². The van der Waals surface area contributed by atoms with Crippen molar-refractivity contribution < 1.29 is 4.39 Å². The first-order valence-corrected chi connectivity index (χ1v) is 6.35. The number of hydrogen-bond acceptors (Lipinski definition) is 3. The zero-order valence-corrected chi connectivity index (χ0v) is 11.0. The van der Waals surface area contributed by atoms with Gasteiger partial charge in [-0.2, -0.15) is 15.5 Å². The number of halogens is 1. The van der Waals surface area contributed by atoms with Gasteiger partial charge >= 0.3 is 0 Å². The molecule has 21 heavy (non-hydrogen) atoms. The Balaban J connectivity index is 2.04. The molecule has 4 heteroatoms. The summed E-state index contributed by atoms with van der Waals surface area (Å²) in [6, 6.07) is 17.4. The van der Waals surface area contributed by atoms with E-state index in [2.05, 4.69) is 16.3 Å². The molecule has 1 aromatic heterocycles. The lowest BCUT2D eigenvalue weighted by molar-refractivity contribution is 0.628. The number of benzene rings is 2. The lowest BCUT2D eigenvalue weighted by atomic mass is 10.0. The third-order valence-electron chi connectivity index (χ3n) is 3.12. The van der Waals surface area contributed by atoms with Crippen LogP contribution in [0, 0.1) is 17.1 Å². The third-order valence-corrected chi connectivity index (χ3v) is 3.12. The molecular weight excluding hydrogens is 265 g/mol. The standard InChI is InChI=1S/C17H10FN3/c18-16-6-4-13(5-7-16)17-9-15(11-20-21-17)14-3-1-2-12(8-14)10-19/h1-9,11H. The molecule has 0 spiro atoms. The van der Waals surface area contributed by atoms with E-state index in [1.165, 1.54) is 12.1 Å². The predicted molar refractivity (Wildman–Crippen MR) is 77.6 cm³/mol. The van der Waals surface area contributed by atoms with Gasteiger partial charge < -0.3 is 0 Å². The Hall–Kier alpha value is -3.06. The largest absolute Gasteiger partial charge is 0.207 e. The first kappa shape index (κ1) is 12.9. The fourth-order valence-corrected chi connectivity index (χ4v) is 2.05. The number of rotatable bonds is 2. The zero-order chi connectivity index (χ0) is 14.7. The molecule has 3 rings (SSSR count). The molecule has 0 bridgehead atoms. The van der Waals surface area contributed by atoms with Crippen LogP contribution in [0.2, 0.25) is 0 Å². The molecule has 3 nitrogen and oxygen atoms in total. The van der Waals surface area contributed by atoms with Gasteiger partial charge in [0.2, 0.25) is 0 Å².